The summed E-state index contributed by atoms with van der Waals surface area (Å²) < 4.78 is 23.6. The minimum atomic E-state index is -2.69. The quantitative estimate of drug-likeness (QED) is 0.592. The summed E-state index contributed by atoms with van der Waals surface area (Å²) in [5.41, 5.74) is 2.29. The maximum Gasteiger partial charge on any atom is 0.273 e. The Balaban J connectivity index is 1.69. The Morgan fingerprint density at radius 3 is 2.79 bits per heavy atom. The summed E-state index contributed by atoms with van der Waals surface area (Å²) in [7, 11) is 0. The third-order valence-electron chi connectivity index (χ3n) is 4.65. The Kier molecular flexibility index (Phi) is 4.04. The average Bonchev–Trinajstić information content (AvgIpc) is 3.44. The highest BCUT2D eigenvalue weighted by Crippen LogP contribution is 2.31. The lowest BCUT2D eigenvalue weighted by atomic mass is 10.1. The molecule has 0 radical (unpaired) electrons. The van der Waals surface area contributed by atoms with Crippen LogP contribution in [0.1, 0.15) is 33.0 Å². The van der Waals surface area contributed by atoms with Gasteiger partial charge in [0.15, 0.2) is 11.5 Å². The molecule has 1 saturated carbocycles. The molecule has 9 nitrogen and oxygen atoms in total. The summed E-state index contributed by atoms with van der Waals surface area (Å²) in [6.07, 6.45) is 5.12. The van der Waals surface area contributed by atoms with Gasteiger partial charge in [-0.1, -0.05) is 6.07 Å². The van der Waals surface area contributed by atoms with Crippen LogP contribution in [0.5, 0.6) is 0 Å². The molecule has 3 N–H and O–H groups in total. The summed E-state index contributed by atoms with van der Waals surface area (Å²) >= 11 is 0. The fourth-order valence-corrected chi connectivity index (χ4v) is 2.91. The first-order chi connectivity index (χ1) is 15.2. The van der Waals surface area contributed by atoms with Crippen molar-refractivity contribution in [3.63, 3.8) is 0 Å². The molecule has 0 spiro atoms. The van der Waals surface area contributed by atoms with Gasteiger partial charge in [0, 0.05) is 41.2 Å². The Bertz CT molecular complexity index is 1160. The minimum Gasteiger partial charge on any atom is -0.354 e. The molecular weight excluding hydrogens is 370 g/mol. The zero-order valence-electron chi connectivity index (χ0n) is 18.6. The van der Waals surface area contributed by atoms with E-state index in [2.05, 4.69) is 25.9 Å². The molecule has 148 valence electrons. The summed E-state index contributed by atoms with van der Waals surface area (Å²) in [4.78, 5) is 24.7. The number of carbonyl (C=O) groups is 2. The normalized spacial score (nSPS) is 15.0. The van der Waals surface area contributed by atoms with Crippen LogP contribution in [0.25, 0.3) is 5.69 Å². The summed E-state index contributed by atoms with van der Waals surface area (Å²) in [6.45, 7) is -0.809. The van der Waals surface area contributed by atoms with Crippen molar-refractivity contribution in [2.45, 2.75) is 19.8 Å². The second kappa shape index (κ2) is 7.70. The van der Waals surface area contributed by atoms with E-state index in [9.17, 15) is 9.59 Å². The summed E-state index contributed by atoms with van der Waals surface area (Å²) in [6, 6.07) is 8.78. The number of hydrogen-bond acceptors (Lipinski definition) is 6. The predicted molar refractivity (Wildman–Crippen MR) is 108 cm³/mol. The van der Waals surface area contributed by atoms with Crippen molar-refractivity contribution in [1.29, 1.82) is 0 Å². The molecule has 1 aliphatic rings. The monoisotopic (exact) mass is 394 g/mol. The van der Waals surface area contributed by atoms with Crippen LogP contribution in [-0.2, 0) is 4.79 Å². The summed E-state index contributed by atoms with van der Waals surface area (Å²) in [5.74, 6) is -0.960. The lowest BCUT2D eigenvalue weighted by Gasteiger charge is -2.16. The molecule has 0 saturated heterocycles. The standard InChI is InChI=1S/C20H21N7O2/c1-12-14(5-3-6-16(12)27-10-4-9-22-27)23-15-11-17(24-19(28)13-7-8-13)25-26-18(15)20(29)21-2/h3-6,9-11,13H,7-8H2,1-2H3,(H,21,29)(H2,23,24,25,28)/i2D3. The van der Waals surface area contributed by atoms with Gasteiger partial charge in [0.25, 0.3) is 5.91 Å². The molecule has 0 aliphatic heterocycles. The molecule has 0 atom stereocenters. The Hall–Kier alpha value is -3.75. The number of aromatic nitrogens is 4. The first-order valence-electron chi connectivity index (χ1n) is 10.6. The van der Waals surface area contributed by atoms with Crippen molar-refractivity contribution in [2.75, 3.05) is 17.6 Å². The van der Waals surface area contributed by atoms with Crippen molar-refractivity contribution < 1.29 is 13.7 Å². The highest BCUT2D eigenvalue weighted by atomic mass is 16.2. The zero-order valence-corrected chi connectivity index (χ0v) is 15.6. The highest BCUT2D eigenvalue weighted by Gasteiger charge is 2.30. The van der Waals surface area contributed by atoms with E-state index in [-0.39, 0.29) is 29.0 Å². The molecule has 1 aliphatic carbocycles. The molecule has 0 bridgehead atoms. The Morgan fingerprint density at radius 1 is 1.21 bits per heavy atom. The number of benzene rings is 1. The van der Waals surface area contributed by atoms with Crippen LogP contribution in [0.2, 0.25) is 0 Å². The van der Waals surface area contributed by atoms with Gasteiger partial charge in [0.05, 0.1) is 11.4 Å². The number of nitrogens with zero attached hydrogens (tertiary/aromatic N) is 4. The molecule has 29 heavy (non-hydrogen) atoms. The van der Waals surface area contributed by atoms with Crippen LogP contribution >= 0.6 is 0 Å². The van der Waals surface area contributed by atoms with Gasteiger partial charge < -0.3 is 16.0 Å². The van der Waals surface area contributed by atoms with E-state index in [1.807, 2.05) is 24.4 Å². The van der Waals surface area contributed by atoms with Crippen LogP contribution in [0.3, 0.4) is 0 Å². The third kappa shape index (κ3) is 3.93. The molecule has 2 amide bonds. The van der Waals surface area contributed by atoms with E-state index in [1.165, 1.54) is 6.07 Å². The van der Waals surface area contributed by atoms with Crippen LogP contribution in [0, 0.1) is 12.8 Å². The SMILES string of the molecule is [2H]C([2H])([2H])NC(=O)c1nnc(NC(=O)C2CC2)cc1Nc1cccc(-n2cccn2)c1C. The number of hydrogen-bond donors (Lipinski definition) is 3. The second-order valence-electron chi connectivity index (χ2n) is 6.73. The average molecular weight is 394 g/mol. The number of anilines is 3. The van der Waals surface area contributed by atoms with Crippen molar-refractivity contribution in [3.8, 4) is 5.69 Å². The largest absolute Gasteiger partial charge is 0.354 e. The van der Waals surface area contributed by atoms with Crippen molar-refractivity contribution in [2.24, 2.45) is 5.92 Å². The summed E-state index contributed by atoms with van der Waals surface area (Å²) in [5, 5.41) is 19.7. The van der Waals surface area contributed by atoms with E-state index in [0.717, 1.165) is 24.1 Å². The molecule has 2 heterocycles. The number of amides is 2. The van der Waals surface area contributed by atoms with Gasteiger partial charge in [-0.05, 0) is 43.5 Å². The first kappa shape index (κ1) is 15.2. The lowest BCUT2D eigenvalue weighted by Crippen LogP contribution is -2.22. The topological polar surface area (TPSA) is 114 Å². The van der Waals surface area contributed by atoms with E-state index in [0.29, 0.717) is 5.69 Å². The molecule has 1 fully saturated rings. The van der Waals surface area contributed by atoms with Gasteiger partial charge in [0.2, 0.25) is 5.91 Å². The predicted octanol–water partition coefficient (Wildman–Crippen LogP) is 2.42. The molecule has 4 rings (SSSR count). The van der Waals surface area contributed by atoms with Gasteiger partial charge in [-0.3, -0.25) is 9.59 Å². The molecule has 0 unspecified atom stereocenters. The second-order valence-corrected chi connectivity index (χ2v) is 6.73. The number of carbonyl (C=O) groups excluding carboxylic acids is 2. The highest BCUT2D eigenvalue weighted by molar-refractivity contribution is 5.99. The molecule has 9 heteroatoms. The lowest BCUT2D eigenvalue weighted by molar-refractivity contribution is -0.117. The Morgan fingerprint density at radius 2 is 2.07 bits per heavy atom. The van der Waals surface area contributed by atoms with Gasteiger partial charge in [-0.2, -0.15) is 5.10 Å². The molecule has 1 aromatic carbocycles. The Labute approximate surface area is 171 Å². The van der Waals surface area contributed by atoms with Gasteiger partial charge >= 0.3 is 0 Å². The van der Waals surface area contributed by atoms with Crippen molar-refractivity contribution in [1.82, 2.24) is 25.3 Å². The van der Waals surface area contributed by atoms with E-state index < -0.39 is 12.9 Å². The third-order valence-corrected chi connectivity index (χ3v) is 4.65. The minimum absolute atomic E-state index is 0.0419. The van der Waals surface area contributed by atoms with E-state index in [4.69, 9.17) is 4.11 Å². The molecule has 3 aromatic rings. The number of nitrogens with one attached hydrogen (secondary N) is 3. The first-order valence-corrected chi connectivity index (χ1v) is 9.09. The van der Waals surface area contributed by atoms with Crippen molar-refractivity contribution in [3.05, 3.63) is 54.0 Å². The van der Waals surface area contributed by atoms with Gasteiger partial charge in [-0.15, -0.1) is 10.2 Å². The fraction of sp³-hybridized carbons (Fsp3) is 0.250. The fourth-order valence-electron chi connectivity index (χ4n) is 2.91. The van der Waals surface area contributed by atoms with Crippen LogP contribution in [0.4, 0.5) is 17.2 Å². The van der Waals surface area contributed by atoms with Gasteiger partial charge in [-0.25, -0.2) is 4.68 Å². The van der Waals surface area contributed by atoms with Crippen LogP contribution < -0.4 is 16.0 Å². The van der Waals surface area contributed by atoms with Crippen LogP contribution in [0.15, 0.2) is 42.7 Å². The maximum absolute atomic E-state index is 12.5. The molecular formula is C20H21N7O2. The number of rotatable bonds is 6. The van der Waals surface area contributed by atoms with Crippen molar-refractivity contribution >= 4 is 29.0 Å². The zero-order chi connectivity index (χ0) is 22.9. The smallest absolute Gasteiger partial charge is 0.273 e. The van der Waals surface area contributed by atoms with E-state index in [1.54, 1.807) is 29.2 Å². The van der Waals surface area contributed by atoms with Crippen LogP contribution in [-0.4, -0.2) is 38.8 Å². The van der Waals surface area contributed by atoms with E-state index >= 15 is 0 Å². The van der Waals surface area contributed by atoms with Gasteiger partial charge in [0.1, 0.15) is 0 Å². The maximum atomic E-state index is 12.5. The molecule has 2 aromatic heterocycles.